The van der Waals surface area contributed by atoms with Gasteiger partial charge in [0.1, 0.15) is 5.82 Å². The van der Waals surface area contributed by atoms with Gasteiger partial charge >= 0.3 is 0 Å². The number of hydrogen-bond acceptors (Lipinski definition) is 4. The number of carbonyl (C=O) groups is 1. The maximum absolute atomic E-state index is 13.0. The van der Waals surface area contributed by atoms with Crippen LogP contribution >= 0.6 is 11.3 Å². The molecule has 4 rings (SSSR count). The summed E-state index contributed by atoms with van der Waals surface area (Å²) in [6.07, 6.45) is 2.66. The van der Waals surface area contributed by atoms with Crippen molar-refractivity contribution in [1.82, 2.24) is 4.98 Å². The summed E-state index contributed by atoms with van der Waals surface area (Å²) in [5.41, 5.74) is 3.42. The van der Waals surface area contributed by atoms with Crippen LogP contribution in [0.15, 0.2) is 53.9 Å². The summed E-state index contributed by atoms with van der Waals surface area (Å²) in [7, 11) is 0. The van der Waals surface area contributed by atoms with E-state index >= 15 is 0 Å². The first-order valence-corrected chi connectivity index (χ1v) is 9.90. The highest BCUT2D eigenvalue weighted by Gasteiger charge is 2.16. The Morgan fingerprint density at radius 1 is 1.15 bits per heavy atom. The third-order valence-corrected chi connectivity index (χ3v) is 5.49. The quantitative estimate of drug-likeness (QED) is 0.695. The molecule has 0 radical (unpaired) electrons. The van der Waals surface area contributed by atoms with E-state index in [9.17, 15) is 9.18 Å². The van der Waals surface area contributed by atoms with E-state index in [0.29, 0.717) is 0 Å². The highest BCUT2D eigenvalue weighted by atomic mass is 32.1. The van der Waals surface area contributed by atoms with Crippen molar-refractivity contribution in [3.63, 3.8) is 0 Å². The second kappa shape index (κ2) is 7.88. The van der Waals surface area contributed by atoms with Crippen molar-refractivity contribution in [2.24, 2.45) is 0 Å². The van der Waals surface area contributed by atoms with Crippen LogP contribution in [0.2, 0.25) is 0 Å². The number of benzene rings is 2. The minimum Gasteiger partial charge on any atom is -0.348 e. The fourth-order valence-electron chi connectivity index (χ4n) is 3.20. The van der Waals surface area contributed by atoms with Gasteiger partial charge in [0, 0.05) is 29.7 Å². The Hall–Kier alpha value is -2.73. The molecule has 0 bridgehead atoms. The number of nitrogens with one attached hydrogen (secondary N) is 1. The summed E-state index contributed by atoms with van der Waals surface area (Å²) in [5, 5.41) is 6.04. The van der Waals surface area contributed by atoms with Gasteiger partial charge < -0.3 is 10.2 Å². The van der Waals surface area contributed by atoms with Gasteiger partial charge in [-0.15, -0.1) is 11.3 Å². The van der Waals surface area contributed by atoms with Crippen molar-refractivity contribution in [2.75, 3.05) is 23.3 Å². The maximum Gasteiger partial charge on any atom is 0.228 e. The summed E-state index contributed by atoms with van der Waals surface area (Å²) in [4.78, 5) is 19.3. The molecule has 0 atom stereocenters. The predicted octanol–water partition coefficient (Wildman–Crippen LogP) is 4.73. The van der Waals surface area contributed by atoms with Gasteiger partial charge in [-0.1, -0.05) is 24.3 Å². The fourth-order valence-corrected chi connectivity index (χ4v) is 4.09. The zero-order chi connectivity index (χ0) is 18.6. The number of aromatic nitrogens is 1. The van der Waals surface area contributed by atoms with Crippen LogP contribution in [-0.4, -0.2) is 24.0 Å². The van der Waals surface area contributed by atoms with Crippen LogP contribution in [0.4, 0.5) is 15.2 Å². The lowest BCUT2D eigenvalue weighted by Gasteiger charge is -2.12. The molecule has 2 aromatic carbocycles. The molecule has 1 aliphatic heterocycles. The highest BCUT2D eigenvalue weighted by Crippen LogP contribution is 2.30. The van der Waals surface area contributed by atoms with E-state index in [1.54, 1.807) is 23.5 Å². The topological polar surface area (TPSA) is 45.2 Å². The lowest BCUT2D eigenvalue weighted by molar-refractivity contribution is -0.115. The van der Waals surface area contributed by atoms with Crippen LogP contribution in [0.25, 0.3) is 11.3 Å². The molecule has 6 heteroatoms. The smallest absolute Gasteiger partial charge is 0.228 e. The molecule has 0 spiro atoms. The van der Waals surface area contributed by atoms with Crippen molar-refractivity contribution < 1.29 is 9.18 Å². The predicted molar refractivity (Wildman–Crippen MR) is 108 cm³/mol. The van der Waals surface area contributed by atoms with Crippen molar-refractivity contribution in [1.29, 1.82) is 0 Å². The van der Waals surface area contributed by atoms with Crippen molar-refractivity contribution in [3.05, 3.63) is 65.3 Å². The summed E-state index contributed by atoms with van der Waals surface area (Å²) < 4.78 is 13.0. The van der Waals surface area contributed by atoms with Gasteiger partial charge in [-0.3, -0.25) is 4.79 Å². The third-order valence-electron chi connectivity index (χ3n) is 4.59. The number of halogens is 1. The number of hydrogen-bond donors (Lipinski definition) is 1. The molecule has 3 aromatic rings. The van der Waals surface area contributed by atoms with Crippen LogP contribution in [0.3, 0.4) is 0 Å². The summed E-state index contributed by atoms with van der Waals surface area (Å²) in [6, 6.07) is 13.7. The van der Waals surface area contributed by atoms with E-state index in [4.69, 9.17) is 4.98 Å². The molecule has 2 heterocycles. The van der Waals surface area contributed by atoms with E-state index in [2.05, 4.69) is 15.6 Å². The molecular weight excluding hydrogens is 361 g/mol. The Morgan fingerprint density at radius 3 is 2.70 bits per heavy atom. The zero-order valence-corrected chi connectivity index (χ0v) is 15.6. The van der Waals surface area contributed by atoms with Gasteiger partial charge in [-0.25, -0.2) is 9.37 Å². The monoisotopic (exact) mass is 381 g/mol. The molecular formula is C21H20FN3OS. The Labute approximate surface area is 161 Å². The molecule has 4 nitrogen and oxygen atoms in total. The van der Waals surface area contributed by atoms with Crippen LogP contribution in [0.5, 0.6) is 0 Å². The first-order chi connectivity index (χ1) is 13.2. The first-order valence-electron chi connectivity index (χ1n) is 9.02. The van der Waals surface area contributed by atoms with Crippen molar-refractivity contribution in [2.45, 2.75) is 19.3 Å². The lowest BCUT2D eigenvalue weighted by Crippen LogP contribution is -2.17. The molecule has 1 saturated heterocycles. The number of amides is 1. The minimum atomic E-state index is -0.302. The Morgan fingerprint density at radius 2 is 1.93 bits per heavy atom. The molecule has 1 amide bonds. The van der Waals surface area contributed by atoms with E-state index in [-0.39, 0.29) is 18.1 Å². The average Bonchev–Trinajstić information content (AvgIpc) is 3.35. The van der Waals surface area contributed by atoms with Gasteiger partial charge in [0.15, 0.2) is 5.13 Å². The van der Waals surface area contributed by atoms with Gasteiger partial charge in [0.05, 0.1) is 12.1 Å². The number of rotatable bonds is 5. The van der Waals surface area contributed by atoms with Gasteiger partial charge in [-0.05, 0) is 42.7 Å². The molecule has 0 aliphatic carbocycles. The Kier molecular flexibility index (Phi) is 5.16. The van der Waals surface area contributed by atoms with Gasteiger partial charge in [0.2, 0.25) is 5.91 Å². The van der Waals surface area contributed by atoms with Crippen LogP contribution in [0, 0.1) is 5.82 Å². The lowest BCUT2D eigenvalue weighted by atomic mass is 10.1. The molecule has 1 N–H and O–H groups in total. The zero-order valence-electron chi connectivity index (χ0n) is 14.8. The van der Waals surface area contributed by atoms with E-state index < -0.39 is 0 Å². The SMILES string of the molecule is O=C(Cc1ccc(F)cc1)Nc1cccc(-c2csc(N3CCCC3)n2)c1. The fraction of sp³-hybridized carbons (Fsp3) is 0.238. The summed E-state index contributed by atoms with van der Waals surface area (Å²) in [5.74, 6) is -0.432. The van der Waals surface area contributed by atoms with Crippen molar-refractivity contribution >= 4 is 28.1 Å². The van der Waals surface area contributed by atoms with E-state index in [1.165, 1.54) is 25.0 Å². The summed E-state index contributed by atoms with van der Waals surface area (Å²) in [6.45, 7) is 2.15. The van der Waals surface area contributed by atoms with Gasteiger partial charge in [-0.2, -0.15) is 0 Å². The van der Waals surface area contributed by atoms with E-state index in [0.717, 1.165) is 40.7 Å². The molecule has 138 valence electrons. The molecule has 0 unspecified atom stereocenters. The van der Waals surface area contributed by atoms with Crippen LogP contribution < -0.4 is 10.2 Å². The first kappa shape index (κ1) is 17.7. The summed E-state index contributed by atoms with van der Waals surface area (Å²) >= 11 is 1.66. The molecule has 0 saturated carbocycles. The minimum absolute atomic E-state index is 0.130. The van der Waals surface area contributed by atoms with Crippen molar-refractivity contribution in [3.8, 4) is 11.3 Å². The number of nitrogens with zero attached hydrogens (tertiary/aromatic N) is 2. The number of carbonyl (C=O) groups excluding carboxylic acids is 1. The highest BCUT2D eigenvalue weighted by molar-refractivity contribution is 7.14. The second-order valence-electron chi connectivity index (χ2n) is 6.64. The number of anilines is 2. The van der Waals surface area contributed by atoms with E-state index in [1.807, 2.05) is 24.3 Å². The molecule has 1 aromatic heterocycles. The largest absolute Gasteiger partial charge is 0.348 e. The van der Waals surface area contributed by atoms with Crippen LogP contribution in [0.1, 0.15) is 18.4 Å². The molecule has 1 fully saturated rings. The molecule has 1 aliphatic rings. The van der Waals surface area contributed by atoms with Gasteiger partial charge in [0.25, 0.3) is 0 Å². The second-order valence-corrected chi connectivity index (χ2v) is 7.48. The Balaban J connectivity index is 1.44. The normalized spacial score (nSPS) is 13.7. The average molecular weight is 381 g/mol. The Bertz CT molecular complexity index is 933. The third kappa shape index (κ3) is 4.34. The number of thiazole rings is 1. The van der Waals surface area contributed by atoms with Crippen LogP contribution in [-0.2, 0) is 11.2 Å². The maximum atomic E-state index is 13.0. The molecule has 27 heavy (non-hydrogen) atoms. The standard InChI is InChI=1S/C21H20FN3OS/c22-17-8-6-15(7-9-17)12-20(26)23-18-5-3-4-16(13-18)19-14-27-21(24-19)25-10-1-2-11-25/h3-9,13-14H,1-2,10-12H2,(H,23,26).